The number of cyclic esters (lactones) is 1. The van der Waals surface area contributed by atoms with Gasteiger partial charge in [0.1, 0.15) is 17.6 Å². The second-order valence-electron chi connectivity index (χ2n) is 6.22. The van der Waals surface area contributed by atoms with Crippen molar-refractivity contribution in [3.8, 4) is 11.3 Å². The predicted molar refractivity (Wildman–Crippen MR) is 94.6 cm³/mol. The smallest absolute Gasteiger partial charge is 0.414 e. The first-order chi connectivity index (χ1) is 13.1. The summed E-state index contributed by atoms with van der Waals surface area (Å²) in [4.78, 5) is 20.3. The number of aromatic nitrogens is 5. The zero-order valence-corrected chi connectivity index (χ0v) is 14.6. The van der Waals surface area contributed by atoms with Crippen molar-refractivity contribution in [3.05, 3.63) is 48.4 Å². The summed E-state index contributed by atoms with van der Waals surface area (Å²) < 4.78 is 21.5. The first kappa shape index (κ1) is 17.2. The van der Waals surface area contributed by atoms with E-state index in [9.17, 15) is 9.18 Å². The Bertz CT molecular complexity index is 941. The molecule has 27 heavy (non-hydrogen) atoms. The number of amides is 1. The van der Waals surface area contributed by atoms with Gasteiger partial charge >= 0.3 is 6.09 Å². The highest BCUT2D eigenvalue weighted by Crippen LogP contribution is 2.28. The molecule has 1 saturated heterocycles. The van der Waals surface area contributed by atoms with Crippen LogP contribution in [0.4, 0.5) is 14.9 Å². The molecule has 4 rings (SSSR count). The van der Waals surface area contributed by atoms with Crippen LogP contribution in [0.3, 0.4) is 0 Å². The molecule has 9 nitrogen and oxygen atoms in total. The largest absolute Gasteiger partial charge is 0.443 e. The maximum absolute atomic E-state index is 14.7. The van der Waals surface area contributed by atoms with Gasteiger partial charge in [0.25, 0.3) is 0 Å². The van der Waals surface area contributed by atoms with E-state index in [-0.39, 0.29) is 6.10 Å². The number of benzene rings is 1. The lowest BCUT2D eigenvalue weighted by Gasteiger charge is -2.13. The number of carbonyl (C=O) groups excluding carboxylic acids is 1. The summed E-state index contributed by atoms with van der Waals surface area (Å²) in [6, 6.07) is 4.58. The summed E-state index contributed by atoms with van der Waals surface area (Å²) in [5, 5.41) is 11.0. The maximum atomic E-state index is 14.7. The normalized spacial score (nSPS) is 16.7. The fourth-order valence-electron chi connectivity index (χ4n) is 2.99. The van der Waals surface area contributed by atoms with Gasteiger partial charge in [-0.1, -0.05) is 5.21 Å². The molecule has 1 aromatic carbocycles. The monoisotopic (exact) mass is 371 g/mol. The summed E-state index contributed by atoms with van der Waals surface area (Å²) in [6.45, 7) is 1.38. The number of anilines is 1. The van der Waals surface area contributed by atoms with E-state index in [1.807, 2.05) is 0 Å². The minimum absolute atomic E-state index is 0.257. The van der Waals surface area contributed by atoms with E-state index < -0.39 is 11.9 Å². The number of aromatic amines is 1. The molecule has 0 aliphatic carbocycles. The van der Waals surface area contributed by atoms with Crippen LogP contribution < -0.4 is 10.2 Å². The Kier molecular flexibility index (Phi) is 4.55. The Balaban J connectivity index is 1.52. The van der Waals surface area contributed by atoms with Gasteiger partial charge in [-0.15, -0.1) is 5.10 Å². The highest BCUT2D eigenvalue weighted by atomic mass is 19.1. The molecular weight excluding hydrogens is 353 g/mol. The third-order valence-electron chi connectivity index (χ3n) is 4.27. The van der Waals surface area contributed by atoms with Gasteiger partial charge in [-0.05, 0) is 25.2 Å². The lowest BCUT2D eigenvalue weighted by Crippen LogP contribution is -2.29. The third kappa shape index (κ3) is 3.51. The lowest BCUT2D eigenvalue weighted by atomic mass is 10.1. The van der Waals surface area contributed by atoms with Gasteiger partial charge in [0.2, 0.25) is 0 Å². The highest BCUT2D eigenvalue weighted by molar-refractivity contribution is 5.90. The summed E-state index contributed by atoms with van der Waals surface area (Å²) in [5.74, 6) is -0.481. The van der Waals surface area contributed by atoms with E-state index in [4.69, 9.17) is 4.74 Å². The number of ether oxygens (including phenoxy) is 1. The number of carbonyl (C=O) groups is 1. The molecule has 1 atom stereocenters. The van der Waals surface area contributed by atoms with Crippen molar-refractivity contribution in [1.82, 2.24) is 30.3 Å². The Morgan fingerprint density at radius 3 is 3.07 bits per heavy atom. The molecule has 0 bridgehead atoms. The highest BCUT2D eigenvalue weighted by Gasteiger charge is 2.32. The van der Waals surface area contributed by atoms with E-state index in [1.165, 1.54) is 11.0 Å². The van der Waals surface area contributed by atoms with E-state index in [1.54, 1.807) is 42.6 Å². The van der Waals surface area contributed by atoms with Crippen LogP contribution in [-0.4, -0.2) is 57.3 Å². The Morgan fingerprint density at radius 2 is 2.33 bits per heavy atom. The zero-order chi connectivity index (χ0) is 18.8. The molecule has 1 aliphatic rings. The van der Waals surface area contributed by atoms with Gasteiger partial charge in [0.15, 0.2) is 0 Å². The zero-order valence-electron chi connectivity index (χ0n) is 14.6. The summed E-state index contributed by atoms with van der Waals surface area (Å²) >= 11 is 0. The second-order valence-corrected chi connectivity index (χ2v) is 6.22. The van der Waals surface area contributed by atoms with E-state index in [2.05, 4.69) is 25.6 Å². The maximum Gasteiger partial charge on any atom is 0.414 e. The van der Waals surface area contributed by atoms with Gasteiger partial charge in [0, 0.05) is 18.3 Å². The van der Waals surface area contributed by atoms with Gasteiger partial charge in [-0.3, -0.25) is 4.90 Å². The average Bonchev–Trinajstić information content (AvgIpc) is 3.38. The number of nitrogens with one attached hydrogen (secondary N) is 2. The van der Waals surface area contributed by atoms with Crippen LogP contribution in [0.25, 0.3) is 11.3 Å². The summed E-state index contributed by atoms with van der Waals surface area (Å²) in [6.07, 6.45) is 4.19. The molecule has 1 amide bonds. The molecule has 140 valence electrons. The van der Waals surface area contributed by atoms with Crippen LogP contribution in [0.5, 0.6) is 0 Å². The van der Waals surface area contributed by atoms with E-state index in [0.717, 1.165) is 5.69 Å². The number of imidazole rings is 1. The molecule has 3 aromatic rings. The molecule has 2 aromatic heterocycles. The SMILES string of the molecule is CNCC1CN(c2ccc(-c3cn(Cc4cnc[nH]4)nn3)c(F)c2)C(=O)O1. The fourth-order valence-corrected chi connectivity index (χ4v) is 2.99. The fraction of sp³-hybridized carbons (Fsp3) is 0.294. The number of hydrogen-bond donors (Lipinski definition) is 2. The van der Waals surface area contributed by atoms with Crippen molar-refractivity contribution in [2.75, 3.05) is 25.0 Å². The number of halogens is 1. The van der Waals surface area contributed by atoms with Crippen LogP contribution >= 0.6 is 0 Å². The summed E-state index contributed by atoms with van der Waals surface area (Å²) in [7, 11) is 1.78. The molecular formula is C17H18FN7O2. The van der Waals surface area contributed by atoms with Gasteiger partial charge < -0.3 is 15.0 Å². The summed E-state index contributed by atoms with van der Waals surface area (Å²) in [5.41, 5.74) is 2.04. The predicted octanol–water partition coefficient (Wildman–Crippen LogP) is 1.40. The molecule has 10 heteroatoms. The van der Waals surface area contributed by atoms with Crippen LogP contribution in [0.15, 0.2) is 36.9 Å². The molecule has 1 fully saturated rings. The average molecular weight is 371 g/mol. The lowest BCUT2D eigenvalue weighted by molar-refractivity contribution is 0.141. The number of H-pyrrole nitrogens is 1. The molecule has 0 spiro atoms. The second kappa shape index (κ2) is 7.16. The number of likely N-dealkylation sites (N-methyl/N-ethyl adjacent to an activating group) is 1. The number of nitrogens with zero attached hydrogens (tertiary/aromatic N) is 5. The van der Waals surface area contributed by atoms with Crippen molar-refractivity contribution < 1.29 is 13.9 Å². The van der Waals surface area contributed by atoms with Gasteiger partial charge in [-0.25, -0.2) is 18.9 Å². The number of rotatable bonds is 6. The molecule has 3 heterocycles. The molecule has 0 saturated carbocycles. The third-order valence-corrected chi connectivity index (χ3v) is 4.27. The molecule has 0 radical (unpaired) electrons. The standard InChI is InChI=1S/C17H18FN7O2/c1-19-6-13-8-25(17(26)27-13)12-2-3-14(15(18)4-12)16-9-24(23-22-16)7-11-5-20-10-21-11/h2-5,9-10,13,19H,6-8H2,1H3,(H,20,21). The Labute approximate surface area is 154 Å². The minimum atomic E-state index is -0.481. The first-order valence-electron chi connectivity index (χ1n) is 8.44. The van der Waals surface area contributed by atoms with Crippen molar-refractivity contribution in [1.29, 1.82) is 0 Å². The number of hydrogen-bond acceptors (Lipinski definition) is 6. The van der Waals surface area contributed by atoms with Gasteiger partial charge in [-0.2, -0.15) is 0 Å². The van der Waals surface area contributed by atoms with Crippen molar-refractivity contribution in [3.63, 3.8) is 0 Å². The van der Waals surface area contributed by atoms with E-state index >= 15 is 0 Å². The van der Waals surface area contributed by atoms with Crippen molar-refractivity contribution >= 4 is 11.8 Å². The van der Waals surface area contributed by atoms with Crippen LogP contribution in [-0.2, 0) is 11.3 Å². The van der Waals surface area contributed by atoms with Gasteiger partial charge in [0.05, 0.1) is 37.0 Å². The molecule has 2 N–H and O–H groups in total. The molecule has 1 unspecified atom stereocenters. The topological polar surface area (TPSA) is 101 Å². The van der Waals surface area contributed by atoms with Crippen LogP contribution in [0.1, 0.15) is 5.69 Å². The minimum Gasteiger partial charge on any atom is -0.443 e. The van der Waals surface area contributed by atoms with Crippen molar-refractivity contribution in [2.24, 2.45) is 0 Å². The first-order valence-corrected chi connectivity index (χ1v) is 8.44. The Hall–Kier alpha value is -3.27. The van der Waals surface area contributed by atoms with Crippen molar-refractivity contribution in [2.45, 2.75) is 12.6 Å². The Morgan fingerprint density at radius 1 is 1.44 bits per heavy atom. The molecule has 1 aliphatic heterocycles. The quantitative estimate of drug-likeness (QED) is 0.679. The van der Waals surface area contributed by atoms with E-state index in [0.29, 0.717) is 36.6 Å². The van der Waals surface area contributed by atoms with Crippen LogP contribution in [0, 0.1) is 5.82 Å². The van der Waals surface area contributed by atoms with Crippen LogP contribution in [0.2, 0.25) is 0 Å².